The van der Waals surface area contributed by atoms with Crippen LogP contribution in [0.15, 0.2) is 39.9 Å². The zero-order chi connectivity index (χ0) is 18.2. The molecule has 0 spiro atoms. The molecule has 0 unspecified atom stereocenters. The fraction of sp³-hybridized carbons (Fsp3) is 0.412. The molecule has 0 saturated heterocycles. The van der Waals surface area contributed by atoms with Gasteiger partial charge in [-0.25, -0.2) is 4.79 Å². The predicted octanol–water partition coefficient (Wildman–Crippen LogP) is 0.157. The van der Waals surface area contributed by atoms with Crippen LogP contribution in [0.1, 0.15) is 5.56 Å². The van der Waals surface area contributed by atoms with Gasteiger partial charge in [0.15, 0.2) is 0 Å². The molecular formula is C17H25N5O3. The van der Waals surface area contributed by atoms with Crippen LogP contribution in [-0.2, 0) is 11.3 Å². The van der Waals surface area contributed by atoms with E-state index in [-0.39, 0.29) is 11.5 Å². The van der Waals surface area contributed by atoms with E-state index in [1.165, 1.54) is 4.57 Å². The van der Waals surface area contributed by atoms with Gasteiger partial charge in [-0.15, -0.1) is 0 Å². The summed E-state index contributed by atoms with van der Waals surface area (Å²) in [7, 11) is 3.62. The molecule has 0 aliphatic carbocycles. The smallest absolute Gasteiger partial charge is 0.330 e. The molecule has 2 aromatic rings. The minimum atomic E-state index is -0.519. The van der Waals surface area contributed by atoms with Crippen LogP contribution in [0.3, 0.4) is 0 Å². The maximum atomic E-state index is 12.1. The number of methoxy groups -OCH3 is 1. The van der Waals surface area contributed by atoms with Crippen LogP contribution in [0.5, 0.6) is 0 Å². The monoisotopic (exact) mass is 347 g/mol. The van der Waals surface area contributed by atoms with E-state index in [1.807, 2.05) is 37.4 Å². The summed E-state index contributed by atoms with van der Waals surface area (Å²) in [6.45, 7) is 2.96. The lowest BCUT2D eigenvalue weighted by molar-refractivity contribution is 0.163. The summed E-state index contributed by atoms with van der Waals surface area (Å²) in [5.41, 5.74) is 6.19. The van der Waals surface area contributed by atoms with Gasteiger partial charge in [-0.1, -0.05) is 30.3 Å². The minimum Gasteiger partial charge on any atom is -0.383 e. The average molecular weight is 347 g/mol. The van der Waals surface area contributed by atoms with Crippen LogP contribution < -0.4 is 22.3 Å². The molecule has 8 heteroatoms. The third-order valence-electron chi connectivity index (χ3n) is 3.90. The van der Waals surface area contributed by atoms with Gasteiger partial charge < -0.3 is 20.7 Å². The molecule has 25 heavy (non-hydrogen) atoms. The fourth-order valence-corrected chi connectivity index (χ4v) is 2.41. The molecule has 0 aliphatic heterocycles. The molecule has 1 aromatic carbocycles. The van der Waals surface area contributed by atoms with E-state index in [1.54, 1.807) is 7.11 Å². The first-order valence-electron chi connectivity index (χ1n) is 8.10. The van der Waals surface area contributed by atoms with Gasteiger partial charge in [-0.05, 0) is 12.6 Å². The number of rotatable bonds is 9. The van der Waals surface area contributed by atoms with Crippen molar-refractivity contribution in [2.75, 3.05) is 51.4 Å². The van der Waals surface area contributed by atoms with Gasteiger partial charge in [0.2, 0.25) is 0 Å². The number of nitrogens with zero attached hydrogens (tertiary/aromatic N) is 2. The zero-order valence-corrected chi connectivity index (χ0v) is 14.6. The summed E-state index contributed by atoms with van der Waals surface area (Å²) >= 11 is 0. The minimum absolute atomic E-state index is 0.136. The molecule has 1 heterocycles. The number of benzene rings is 1. The molecule has 0 radical (unpaired) electrons. The van der Waals surface area contributed by atoms with Gasteiger partial charge in [0, 0.05) is 26.7 Å². The number of hydrogen-bond acceptors (Lipinski definition) is 6. The van der Waals surface area contributed by atoms with Crippen molar-refractivity contribution >= 4 is 11.5 Å². The number of hydrogen-bond donors (Lipinski definition) is 3. The maximum Gasteiger partial charge on any atom is 0.330 e. The highest BCUT2D eigenvalue weighted by Gasteiger charge is 2.12. The molecule has 4 N–H and O–H groups in total. The summed E-state index contributed by atoms with van der Waals surface area (Å²) in [6.07, 6.45) is 0. The molecule has 0 fully saturated rings. The highest BCUT2D eigenvalue weighted by molar-refractivity contribution is 5.60. The Morgan fingerprint density at radius 1 is 1.24 bits per heavy atom. The lowest BCUT2D eigenvalue weighted by Crippen LogP contribution is -2.35. The van der Waals surface area contributed by atoms with E-state index in [2.05, 4.69) is 15.2 Å². The van der Waals surface area contributed by atoms with E-state index in [0.29, 0.717) is 26.2 Å². The first kappa shape index (κ1) is 18.8. The van der Waals surface area contributed by atoms with Crippen LogP contribution in [0.4, 0.5) is 11.5 Å². The number of ether oxygens (including phenoxy) is 1. The summed E-state index contributed by atoms with van der Waals surface area (Å²) in [6, 6.07) is 9.47. The second-order valence-electron chi connectivity index (χ2n) is 5.81. The molecule has 0 amide bonds. The van der Waals surface area contributed by atoms with Gasteiger partial charge >= 0.3 is 5.69 Å². The molecule has 1 aromatic heterocycles. The molecule has 0 atom stereocenters. The quantitative estimate of drug-likeness (QED) is 0.597. The van der Waals surface area contributed by atoms with Crippen LogP contribution in [-0.4, -0.2) is 54.8 Å². The van der Waals surface area contributed by atoms with Crippen molar-refractivity contribution in [3.05, 3.63) is 56.7 Å². The highest BCUT2D eigenvalue weighted by Crippen LogP contribution is 2.12. The number of nitrogen functional groups attached to an aromatic ring is 1. The molecule has 136 valence electrons. The van der Waals surface area contributed by atoms with Crippen molar-refractivity contribution < 1.29 is 4.74 Å². The normalized spacial score (nSPS) is 11.0. The van der Waals surface area contributed by atoms with Crippen molar-refractivity contribution in [1.29, 1.82) is 0 Å². The number of H-pyrrole nitrogens is 1. The van der Waals surface area contributed by atoms with Crippen molar-refractivity contribution in [2.45, 2.75) is 6.54 Å². The molecule has 2 rings (SSSR count). The highest BCUT2D eigenvalue weighted by atomic mass is 16.5. The summed E-state index contributed by atoms with van der Waals surface area (Å²) in [5, 5.41) is 3.03. The topological polar surface area (TPSA) is 105 Å². The Labute approximate surface area is 146 Å². The first-order chi connectivity index (χ1) is 12.0. The number of nitrogens with one attached hydrogen (secondary N) is 2. The average Bonchev–Trinajstić information content (AvgIpc) is 2.60. The SMILES string of the molecule is COCCN(C)CCNc1c(N)n(Cc2ccccc2)c(=O)[nH]c1=O. The van der Waals surface area contributed by atoms with Gasteiger partial charge in [0.05, 0.1) is 13.2 Å². The van der Waals surface area contributed by atoms with E-state index in [4.69, 9.17) is 10.5 Å². The number of aromatic nitrogens is 2. The summed E-state index contributed by atoms with van der Waals surface area (Å²) in [5.74, 6) is 0.136. The van der Waals surface area contributed by atoms with Crippen molar-refractivity contribution in [2.24, 2.45) is 0 Å². The van der Waals surface area contributed by atoms with Gasteiger partial charge in [0.25, 0.3) is 5.56 Å². The lowest BCUT2D eigenvalue weighted by atomic mass is 10.2. The Morgan fingerprint density at radius 3 is 2.64 bits per heavy atom. The standard InChI is InChI=1S/C17H25N5O3/c1-21(10-11-25-2)9-8-19-14-15(18)22(17(24)20-16(14)23)12-13-6-4-3-5-7-13/h3-7,19H,8-12,18H2,1-2H3,(H,20,23,24). The second-order valence-corrected chi connectivity index (χ2v) is 5.81. The Hall–Kier alpha value is -2.58. The van der Waals surface area contributed by atoms with E-state index < -0.39 is 11.2 Å². The maximum absolute atomic E-state index is 12.1. The summed E-state index contributed by atoms with van der Waals surface area (Å²) < 4.78 is 6.38. The van der Waals surface area contributed by atoms with Crippen LogP contribution >= 0.6 is 0 Å². The molecule has 0 aliphatic rings. The second kappa shape index (κ2) is 9.05. The number of likely N-dealkylation sites (N-methyl/N-ethyl adjacent to an activating group) is 1. The number of nitrogens with two attached hydrogens (primary N) is 1. The molecular weight excluding hydrogens is 322 g/mol. The van der Waals surface area contributed by atoms with E-state index in [0.717, 1.165) is 12.1 Å². The Kier molecular flexibility index (Phi) is 6.79. The van der Waals surface area contributed by atoms with E-state index >= 15 is 0 Å². The predicted molar refractivity (Wildman–Crippen MR) is 99.1 cm³/mol. The van der Waals surface area contributed by atoms with Crippen LogP contribution in [0.25, 0.3) is 0 Å². The Morgan fingerprint density at radius 2 is 1.96 bits per heavy atom. The molecule has 8 nitrogen and oxygen atoms in total. The Balaban J connectivity index is 2.12. The van der Waals surface area contributed by atoms with Crippen molar-refractivity contribution in [3.63, 3.8) is 0 Å². The van der Waals surface area contributed by atoms with E-state index in [9.17, 15) is 9.59 Å². The zero-order valence-electron chi connectivity index (χ0n) is 14.6. The molecule has 0 bridgehead atoms. The van der Waals surface area contributed by atoms with Crippen molar-refractivity contribution in [1.82, 2.24) is 14.5 Å². The van der Waals surface area contributed by atoms with Crippen molar-refractivity contribution in [3.8, 4) is 0 Å². The first-order valence-corrected chi connectivity index (χ1v) is 8.10. The fourth-order valence-electron chi connectivity index (χ4n) is 2.41. The number of aromatic amines is 1. The number of anilines is 2. The van der Waals surface area contributed by atoms with Crippen LogP contribution in [0, 0.1) is 0 Å². The third-order valence-corrected chi connectivity index (χ3v) is 3.90. The Bertz CT molecular complexity index is 785. The van der Waals surface area contributed by atoms with Gasteiger partial charge in [-0.2, -0.15) is 0 Å². The summed E-state index contributed by atoms with van der Waals surface area (Å²) in [4.78, 5) is 28.6. The third kappa shape index (κ3) is 5.20. The van der Waals surface area contributed by atoms with Gasteiger partial charge in [0.1, 0.15) is 11.5 Å². The molecule has 0 saturated carbocycles. The lowest BCUT2D eigenvalue weighted by Gasteiger charge is -2.18. The van der Waals surface area contributed by atoms with Gasteiger partial charge in [-0.3, -0.25) is 14.3 Å². The largest absolute Gasteiger partial charge is 0.383 e. The van der Waals surface area contributed by atoms with Crippen LogP contribution in [0.2, 0.25) is 0 Å².